The van der Waals surface area contributed by atoms with Crippen LogP contribution in [-0.4, -0.2) is 25.7 Å². The largest absolute Gasteiger partial charge is 0.398 e. The van der Waals surface area contributed by atoms with E-state index in [1.807, 2.05) is 32.2 Å². The van der Waals surface area contributed by atoms with Crippen molar-refractivity contribution in [3.8, 4) is 22.5 Å². The summed E-state index contributed by atoms with van der Waals surface area (Å²) in [6, 6.07) is 7.86. The maximum Gasteiger partial charge on any atom is 0.227 e. The van der Waals surface area contributed by atoms with Crippen LogP contribution in [-0.2, 0) is 11.8 Å². The zero-order valence-electron chi connectivity index (χ0n) is 17.4. The number of nitrogens with two attached hydrogens (primary N) is 2. The summed E-state index contributed by atoms with van der Waals surface area (Å²) in [5.74, 6) is 0.638. The van der Waals surface area contributed by atoms with Gasteiger partial charge in [0.1, 0.15) is 11.5 Å². The van der Waals surface area contributed by atoms with Crippen molar-refractivity contribution >= 4 is 33.9 Å². The minimum atomic E-state index is 0.0346. The Morgan fingerprint density at radius 2 is 2.00 bits per heavy atom. The number of aryl methyl sites for hydroxylation is 1. The molecule has 0 saturated heterocycles. The number of benzene rings is 1. The van der Waals surface area contributed by atoms with E-state index in [0.717, 1.165) is 40.3 Å². The number of pyridine rings is 2. The van der Waals surface area contributed by atoms with Gasteiger partial charge in [-0.1, -0.05) is 0 Å². The average Bonchev–Trinajstić information content (AvgIpc) is 3.53. The molecular weight excluding hydrogens is 390 g/mol. The normalized spacial score (nSPS) is 13.5. The van der Waals surface area contributed by atoms with Gasteiger partial charge in [0.25, 0.3) is 0 Å². The first-order chi connectivity index (χ1) is 14.9. The van der Waals surface area contributed by atoms with E-state index in [1.165, 1.54) is 0 Å². The van der Waals surface area contributed by atoms with Crippen molar-refractivity contribution in [2.45, 2.75) is 19.8 Å². The Kier molecular flexibility index (Phi) is 4.35. The monoisotopic (exact) mass is 413 g/mol. The van der Waals surface area contributed by atoms with Crippen LogP contribution in [0.25, 0.3) is 33.3 Å². The number of carbonyl (C=O) groups is 1. The number of amides is 1. The number of hydrogen-bond acceptors (Lipinski definition) is 6. The third kappa shape index (κ3) is 3.46. The number of fused-ring (bicyclic) bond motifs is 1. The first-order valence-electron chi connectivity index (χ1n) is 10.2. The molecule has 5 N–H and O–H groups in total. The van der Waals surface area contributed by atoms with Crippen LogP contribution in [0.2, 0.25) is 0 Å². The van der Waals surface area contributed by atoms with Crippen molar-refractivity contribution < 1.29 is 4.79 Å². The molecule has 0 unspecified atom stereocenters. The minimum absolute atomic E-state index is 0.0346. The lowest BCUT2D eigenvalue weighted by atomic mass is 9.97. The quantitative estimate of drug-likeness (QED) is 0.440. The van der Waals surface area contributed by atoms with Gasteiger partial charge in [-0.05, 0) is 66.1 Å². The number of nitrogens with one attached hydrogen (secondary N) is 1. The summed E-state index contributed by atoms with van der Waals surface area (Å²) >= 11 is 0. The van der Waals surface area contributed by atoms with Crippen LogP contribution in [0.4, 0.5) is 17.2 Å². The summed E-state index contributed by atoms with van der Waals surface area (Å²) in [5, 5.41) is 9.31. The molecule has 4 aromatic rings. The van der Waals surface area contributed by atoms with Gasteiger partial charge in [-0.25, -0.2) is 4.98 Å². The molecular formula is C23H23N7O. The number of rotatable bonds is 4. The number of nitrogens with zero attached hydrogens (tertiary/aromatic N) is 4. The molecule has 3 heterocycles. The van der Waals surface area contributed by atoms with Gasteiger partial charge >= 0.3 is 0 Å². The fourth-order valence-corrected chi connectivity index (χ4v) is 3.79. The summed E-state index contributed by atoms with van der Waals surface area (Å²) in [6.07, 6.45) is 7.13. The van der Waals surface area contributed by atoms with Crippen LogP contribution in [0.1, 0.15) is 18.4 Å². The lowest BCUT2D eigenvalue weighted by Crippen LogP contribution is -2.13. The van der Waals surface area contributed by atoms with Crippen LogP contribution in [0.3, 0.4) is 0 Å². The summed E-state index contributed by atoms with van der Waals surface area (Å²) in [5.41, 5.74) is 17.8. The van der Waals surface area contributed by atoms with Gasteiger partial charge in [-0.2, -0.15) is 5.10 Å². The van der Waals surface area contributed by atoms with E-state index in [0.29, 0.717) is 28.6 Å². The van der Waals surface area contributed by atoms with Crippen LogP contribution in [0.5, 0.6) is 0 Å². The zero-order valence-corrected chi connectivity index (χ0v) is 17.4. The number of carbonyl (C=O) groups excluding carboxylic acids is 1. The highest BCUT2D eigenvalue weighted by Crippen LogP contribution is 2.35. The molecule has 3 aromatic heterocycles. The number of anilines is 3. The summed E-state index contributed by atoms with van der Waals surface area (Å²) < 4.78 is 1.68. The molecule has 1 aliphatic rings. The van der Waals surface area contributed by atoms with Crippen molar-refractivity contribution in [2.75, 3.05) is 16.8 Å². The van der Waals surface area contributed by atoms with Crippen molar-refractivity contribution in [2.24, 2.45) is 13.0 Å². The second kappa shape index (κ2) is 7.09. The fraction of sp³-hybridized carbons (Fsp3) is 0.217. The van der Waals surface area contributed by atoms with E-state index >= 15 is 0 Å². The van der Waals surface area contributed by atoms with Crippen molar-refractivity contribution in [3.63, 3.8) is 0 Å². The summed E-state index contributed by atoms with van der Waals surface area (Å²) in [6.45, 7) is 1.94. The molecule has 0 radical (unpaired) electrons. The Bertz CT molecular complexity index is 1340. The van der Waals surface area contributed by atoms with Gasteiger partial charge in [-0.15, -0.1) is 0 Å². The predicted molar refractivity (Wildman–Crippen MR) is 122 cm³/mol. The number of hydrogen-bond donors (Lipinski definition) is 3. The molecule has 1 saturated carbocycles. The smallest absolute Gasteiger partial charge is 0.227 e. The topological polar surface area (TPSA) is 125 Å². The maximum atomic E-state index is 12.3. The predicted octanol–water partition coefficient (Wildman–Crippen LogP) is 3.52. The molecule has 1 aliphatic carbocycles. The Morgan fingerprint density at radius 3 is 2.77 bits per heavy atom. The lowest BCUT2D eigenvalue weighted by Gasteiger charge is -2.12. The van der Waals surface area contributed by atoms with E-state index in [9.17, 15) is 4.79 Å². The SMILES string of the molecule is Cc1c(-c2cc(N)c3cnc(-c4nn(C)cc4NC(=O)C4CC4)cc3c2)ccnc1N. The molecule has 0 bridgehead atoms. The van der Waals surface area contributed by atoms with E-state index in [-0.39, 0.29) is 11.8 Å². The van der Waals surface area contributed by atoms with Crippen LogP contribution in [0, 0.1) is 12.8 Å². The Morgan fingerprint density at radius 1 is 1.19 bits per heavy atom. The highest BCUT2D eigenvalue weighted by Gasteiger charge is 2.30. The van der Waals surface area contributed by atoms with E-state index in [4.69, 9.17) is 11.5 Å². The molecule has 0 spiro atoms. The van der Waals surface area contributed by atoms with Gasteiger partial charge in [0.05, 0.1) is 11.4 Å². The van der Waals surface area contributed by atoms with Gasteiger partial charge in [0.15, 0.2) is 0 Å². The van der Waals surface area contributed by atoms with Gasteiger partial charge in [0, 0.05) is 42.6 Å². The molecule has 0 atom stereocenters. The van der Waals surface area contributed by atoms with Crippen molar-refractivity contribution in [3.05, 3.63) is 48.4 Å². The molecule has 5 rings (SSSR count). The standard InChI is InChI=1S/C23H23N7O/c1-12-16(5-6-26-22(12)25)14-7-15-9-19(27-10-17(15)18(24)8-14)21-20(11-30(2)29-21)28-23(31)13-3-4-13/h5-11,13H,3-4,24H2,1-2H3,(H2,25,26)(H,28,31). The van der Waals surface area contributed by atoms with E-state index < -0.39 is 0 Å². The highest BCUT2D eigenvalue weighted by molar-refractivity contribution is 6.00. The second-order valence-corrected chi connectivity index (χ2v) is 8.05. The van der Waals surface area contributed by atoms with Crippen LogP contribution < -0.4 is 16.8 Å². The highest BCUT2D eigenvalue weighted by atomic mass is 16.2. The molecule has 1 aromatic carbocycles. The summed E-state index contributed by atoms with van der Waals surface area (Å²) in [7, 11) is 1.82. The third-order valence-corrected chi connectivity index (χ3v) is 5.70. The fourth-order valence-electron chi connectivity index (χ4n) is 3.79. The Balaban J connectivity index is 1.60. The average molecular weight is 413 g/mol. The molecule has 31 heavy (non-hydrogen) atoms. The number of aromatic nitrogens is 4. The van der Waals surface area contributed by atoms with Crippen LogP contribution >= 0.6 is 0 Å². The zero-order chi connectivity index (χ0) is 21.7. The number of nitrogen functional groups attached to an aromatic ring is 2. The van der Waals surface area contributed by atoms with Crippen LogP contribution in [0.15, 0.2) is 42.9 Å². The molecule has 8 heteroatoms. The molecule has 156 valence electrons. The molecule has 8 nitrogen and oxygen atoms in total. The molecule has 0 aliphatic heterocycles. The van der Waals surface area contributed by atoms with E-state index in [2.05, 4.69) is 26.4 Å². The molecule has 1 fully saturated rings. The minimum Gasteiger partial charge on any atom is -0.398 e. The summed E-state index contributed by atoms with van der Waals surface area (Å²) in [4.78, 5) is 21.0. The Labute approximate surface area is 179 Å². The first-order valence-corrected chi connectivity index (χ1v) is 10.2. The van der Waals surface area contributed by atoms with Crippen molar-refractivity contribution in [1.29, 1.82) is 0 Å². The van der Waals surface area contributed by atoms with E-state index in [1.54, 1.807) is 23.3 Å². The van der Waals surface area contributed by atoms with Gasteiger partial charge in [0.2, 0.25) is 5.91 Å². The molecule has 1 amide bonds. The van der Waals surface area contributed by atoms with Gasteiger partial charge < -0.3 is 16.8 Å². The first kappa shape index (κ1) is 19.0. The van der Waals surface area contributed by atoms with Crippen molar-refractivity contribution in [1.82, 2.24) is 19.7 Å². The Hall–Kier alpha value is -3.94. The lowest BCUT2D eigenvalue weighted by molar-refractivity contribution is -0.117. The third-order valence-electron chi connectivity index (χ3n) is 5.70. The van der Waals surface area contributed by atoms with Gasteiger partial charge in [-0.3, -0.25) is 14.5 Å². The maximum absolute atomic E-state index is 12.3. The second-order valence-electron chi connectivity index (χ2n) is 8.05.